The van der Waals surface area contributed by atoms with Crippen molar-refractivity contribution in [2.24, 2.45) is 0 Å². The van der Waals surface area contributed by atoms with E-state index in [1.807, 2.05) is 49.3 Å². The van der Waals surface area contributed by atoms with Crippen LogP contribution in [-0.2, 0) is 11.2 Å². The van der Waals surface area contributed by atoms with E-state index >= 15 is 0 Å². The lowest BCUT2D eigenvalue weighted by molar-refractivity contribution is -0.120. The van der Waals surface area contributed by atoms with E-state index in [-0.39, 0.29) is 11.8 Å². The highest BCUT2D eigenvalue weighted by Gasteiger charge is 2.33. The summed E-state index contributed by atoms with van der Waals surface area (Å²) in [5, 5.41) is 3.80. The van der Waals surface area contributed by atoms with Crippen molar-refractivity contribution in [1.29, 1.82) is 0 Å². The minimum absolute atomic E-state index is 0.0784. The summed E-state index contributed by atoms with van der Waals surface area (Å²) in [6.07, 6.45) is 0.486. The fourth-order valence-corrected chi connectivity index (χ4v) is 4.58. The van der Waals surface area contributed by atoms with E-state index in [0.29, 0.717) is 23.0 Å². The predicted octanol–water partition coefficient (Wildman–Crippen LogP) is 3.13. The van der Waals surface area contributed by atoms with Gasteiger partial charge in [0.05, 0.1) is 4.34 Å². The summed E-state index contributed by atoms with van der Waals surface area (Å²) in [4.78, 5) is 33.6. The zero-order valence-electron chi connectivity index (χ0n) is 15.7. The normalized spacial score (nSPS) is 16.6. The lowest BCUT2D eigenvalue weighted by Crippen LogP contribution is -2.54. The molecule has 146 valence electrons. The number of benzene rings is 1. The molecule has 0 bridgehead atoms. The first-order valence-corrected chi connectivity index (χ1v) is 10.2. The van der Waals surface area contributed by atoms with Crippen molar-refractivity contribution in [3.8, 4) is 0 Å². The first-order chi connectivity index (χ1) is 13.4. The number of para-hydroxylation sites is 1. The maximum atomic E-state index is 13.1. The highest BCUT2D eigenvalue weighted by atomic mass is 35.5. The standard InChI is InChI=1S/C20H21ClN4O2S/c1-24(2)7-8-25-16-6-4-3-5-12(16)9-15(20(25)27)22-18(26)14-10-13-11-17(21)28-19(13)23-14/h3-6,10-11,15,23H,7-9H2,1-2H3,(H,22,26). The van der Waals surface area contributed by atoms with Gasteiger partial charge in [0.15, 0.2) is 0 Å². The van der Waals surface area contributed by atoms with Crippen molar-refractivity contribution in [1.82, 2.24) is 15.2 Å². The van der Waals surface area contributed by atoms with E-state index in [1.54, 1.807) is 11.0 Å². The van der Waals surface area contributed by atoms with Crippen LogP contribution in [0.1, 0.15) is 16.1 Å². The van der Waals surface area contributed by atoms with E-state index in [9.17, 15) is 9.59 Å². The SMILES string of the molecule is CN(C)CCN1C(=O)C(NC(=O)c2cc3cc(Cl)sc3[nH]2)Cc2ccccc21. The molecule has 0 spiro atoms. The summed E-state index contributed by atoms with van der Waals surface area (Å²) < 4.78 is 0.670. The van der Waals surface area contributed by atoms with Crippen LogP contribution in [0, 0.1) is 0 Å². The largest absolute Gasteiger partial charge is 0.342 e. The summed E-state index contributed by atoms with van der Waals surface area (Å²) in [6.45, 7) is 1.32. The molecule has 0 saturated heterocycles. The number of hydrogen-bond acceptors (Lipinski definition) is 4. The van der Waals surface area contributed by atoms with Crippen molar-refractivity contribution in [3.05, 3.63) is 52.0 Å². The highest BCUT2D eigenvalue weighted by Crippen LogP contribution is 2.30. The number of aromatic nitrogens is 1. The third kappa shape index (κ3) is 3.65. The molecule has 0 saturated carbocycles. The zero-order chi connectivity index (χ0) is 19.8. The van der Waals surface area contributed by atoms with Crippen LogP contribution in [0.2, 0.25) is 4.34 Å². The van der Waals surface area contributed by atoms with Crippen LogP contribution < -0.4 is 10.2 Å². The minimum Gasteiger partial charge on any atom is -0.342 e. The smallest absolute Gasteiger partial charge is 0.268 e. The summed E-state index contributed by atoms with van der Waals surface area (Å²) in [6, 6.07) is 10.9. The van der Waals surface area contributed by atoms with Crippen LogP contribution in [0.15, 0.2) is 36.4 Å². The number of fused-ring (bicyclic) bond motifs is 2. The molecular weight excluding hydrogens is 396 g/mol. The number of H-pyrrole nitrogens is 1. The molecule has 1 aromatic carbocycles. The number of anilines is 1. The van der Waals surface area contributed by atoms with Gasteiger partial charge in [0.1, 0.15) is 16.6 Å². The van der Waals surface area contributed by atoms with E-state index < -0.39 is 6.04 Å². The molecule has 4 rings (SSSR count). The van der Waals surface area contributed by atoms with Crippen molar-refractivity contribution < 1.29 is 9.59 Å². The molecule has 1 unspecified atom stereocenters. The van der Waals surface area contributed by atoms with Gasteiger partial charge in [-0.1, -0.05) is 29.8 Å². The molecule has 1 atom stereocenters. The van der Waals surface area contributed by atoms with Crippen molar-refractivity contribution >= 4 is 50.7 Å². The Labute approximate surface area is 172 Å². The number of nitrogens with zero attached hydrogens (tertiary/aromatic N) is 2. The number of hydrogen-bond donors (Lipinski definition) is 2. The molecule has 28 heavy (non-hydrogen) atoms. The first-order valence-electron chi connectivity index (χ1n) is 9.05. The van der Waals surface area contributed by atoms with Gasteiger partial charge in [0.2, 0.25) is 5.91 Å². The van der Waals surface area contributed by atoms with Gasteiger partial charge >= 0.3 is 0 Å². The van der Waals surface area contributed by atoms with Crippen LogP contribution in [0.5, 0.6) is 0 Å². The number of rotatable bonds is 5. The molecule has 0 fully saturated rings. The fraction of sp³-hybridized carbons (Fsp3) is 0.300. The number of halogens is 1. The third-order valence-corrected chi connectivity index (χ3v) is 6.07. The topological polar surface area (TPSA) is 68.4 Å². The Morgan fingerprint density at radius 1 is 1.36 bits per heavy atom. The van der Waals surface area contributed by atoms with Gasteiger partial charge in [0, 0.05) is 30.6 Å². The second-order valence-electron chi connectivity index (χ2n) is 7.17. The van der Waals surface area contributed by atoms with Gasteiger partial charge in [0.25, 0.3) is 5.91 Å². The molecule has 1 aliphatic rings. The van der Waals surface area contributed by atoms with Crippen molar-refractivity contribution in [3.63, 3.8) is 0 Å². The molecule has 0 aliphatic carbocycles. The van der Waals surface area contributed by atoms with E-state index in [4.69, 9.17) is 11.6 Å². The highest BCUT2D eigenvalue weighted by molar-refractivity contribution is 7.22. The molecule has 3 aromatic rings. The summed E-state index contributed by atoms with van der Waals surface area (Å²) in [5.74, 6) is -0.366. The average molecular weight is 417 g/mol. The van der Waals surface area contributed by atoms with Crippen LogP contribution in [0.4, 0.5) is 5.69 Å². The van der Waals surface area contributed by atoms with E-state index in [2.05, 4.69) is 10.3 Å². The molecule has 2 amide bonds. The molecule has 3 heterocycles. The zero-order valence-corrected chi connectivity index (χ0v) is 17.2. The quantitative estimate of drug-likeness (QED) is 0.671. The lowest BCUT2D eigenvalue weighted by atomic mass is 9.97. The molecule has 2 N–H and O–H groups in total. The first kappa shape index (κ1) is 19.0. The average Bonchev–Trinajstić information content (AvgIpc) is 3.19. The second-order valence-corrected chi connectivity index (χ2v) is 8.85. The number of carbonyl (C=O) groups excluding carboxylic acids is 2. The van der Waals surface area contributed by atoms with Crippen LogP contribution >= 0.6 is 22.9 Å². The lowest BCUT2D eigenvalue weighted by Gasteiger charge is -2.35. The van der Waals surface area contributed by atoms with Gasteiger partial charge < -0.3 is 20.1 Å². The van der Waals surface area contributed by atoms with Gasteiger partial charge in [-0.15, -0.1) is 11.3 Å². The van der Waals surface area contributed by atoms with Gasteiger partial charge in [-0.3, -0.25) is 9.59 Å². The maximum absolute atomic E-state index is 13.1. The Balaban J connectivity index is 1.55. The Hall–Kier alpha value is -2.35. The van der Waals surface area contributed by atoms with Crippen molar-refractivity contribution in [2.45, 2.75) is 12.5 Å². The Bertz CT molecular complexity index is 1010. The van der Waals surface area contributed by atoms with Gasteiger partial charge in [-0.2, -0.15) is 0 Å². The maximum Gasteiger partial charge on any atom is 0.268 e. The van der Waals surface area contributed by atoms with Crippen LogP contribution in [0.3, 0.4) is 0 Å². The molecule has 0 radical (unpaired) electrons. The summed E-state index contributed by atoms with van der Waals surface area (Å²) in [5.41, 5.74) is 2.42. The number of likely N-dealkylation sites (N-methyl/N-ethyl adjacent to an activating group) is 1. The van der Waals surface area contributed by atoms with Gasteiger partial charge in [-0.25, -0.2) is 0 Å². The van der Waals surface area contributed by atoms with Crippen LogP contribution in [0.25, 0.3) is 10.2 Å². The Morgan fingerprint density at radius 2 is 2.14 bits per heavy atom. The fourth-order valence-electron chi connectivity index (χ4n) is 3.46. The molecular formula is C20H21ClN4O2S. The van der Waals surface area contributed by atoms with Gasteiger partial charge in [-0.05, 0) is 37.9 Å². The number of carbonyl (C=O) groups is 2. The van der Waals surface area contributed by atoms with E-state index in [0.717, 1.165) is 28.0 Å². The number of nitrogens with one attached hydrogen (secondary N) is 2. The third-order valence-electron chi connectivity index (χ3n) is 4.87. The predicted molar refractivity (Wildman–Crippen MR) is 113 cm³/mol. The molecule has 2 aromatic heterocycles. The minimum atomic E-state index is -0.588. The number of aromatic amines is 1. The molecule has 6 nitrogen and oxygen atoms in total. The molecule has 8 heteroatoms. The number of thiophene rings is 1. The summed E-state index contributed by atoms with van der Waals surface area (Å²) >= 11 is 7.38. The Morgan fingerprint density at radius 3 is 2.89 bits per heavy atom. The Kier molecular flexibility index (Phi) is 5.14. The summed E-state index contributed by atoms with van der Waals surface area (Å²) in [7, 11) is 3.95. The second kappa shape index (κ2) is 7.58. The number of amides is 2. The van der Waals surface area contributed by atoms with Crippen LogP contribution in [-0.4, -0.2) is 54.9 Å². The van der Waals surface area contributed by atoms with E-state index in [1.165, 1.54) is 11.3 Å². The molecule has 1 aliphatic heterocycles. The van der Waals surface area contributed by atoms with Crippen molar-refractivity contribution in [2.75, 3.05) is 32.1 Å². The monoisotopic (exact) mass is 416 g/mol.